The first kappa shape index (κ1) is 24.0. The molecule has 0 saturated carbocycles. The Kier molecular flexibility index (Phi) is 7.09. The molecule has 0 radical (unpaired) electrons. The molecule has 0 bridgehead atoms. The highest BCUT2D eigenvalue weighted by Crippen LogP contribution is 2.25. The fourth-order valence-electron chi connectivity index (χ4n) is 3.53. The van der Waals surface area contributed by atoms with Crippen LogP contribution in [0.3, 0.4) is 0 Å². The molecule has 0 spiro atoms. The Morgan fingerprint density at radius 3 is 2.25 bits per heavy atom. The van der Waals surface area contributed by atoms with E-state index in [9.17, 15) is 30.8 Å². The molecule has 32 heavy (non-hydrogen) atoms. The van der Waals surface area contributed by atoms with E-state index >= 15 is 0 Å². The summed E-state index contributed by atoms with van der Waals surface area (Å²) >= 11 is 0. The summed E-state index contributed by atoms with van der Waals surface area (Å²) in [6.45, 7) is 2.21. The van der Waals surface area contributed by atoms with Gasteiger partial charge in [-0.2, -0.15) is 4.31 Å². The Balaban J connectivity index is 1.58. The number of hydrogen-bond donors (Lipinski definition) is 0. The van der Waals surface area contributed by atoms with E-state index in [4.69, 9.17) is 0 Å². The summed E-state index contributed by atoms with van der Waals surface area (Å²) in [7, 11) is -3.93. The zero-order chi connectivity index (χ0) is 23.5. The number of ether oxygens (including phenoxy) is 1. The molecule has 11 heteroatoms. The summed E-state index contributed by atoms with van der Waals surface area (Å²) in [4.78, 5) is 14.1. The van der Waals surface area contributed by atoms with E-state index in [2.05, 4.69) is 4.74 Å². The first-order chi connectivity index (χ1) is 15.0. The third kappa shape index (κ3) is 5.98. The molecular weight excluding hydrogens is 452 g/mol. The van der Waals surface area contributed by atoms with E-state index < -0.39 is 28.1 Å². The van der Waals surface area contributed by atoms with Crippen LogP contribution in [0, 0.1) is 11.7 Å². The molecular formula is C21H22F4N2O4S. The maximum Gasteiger partial charge on any atom is 0.573 e. The third-order valence-corrected chi connectivity index (χ3v) is 7.01. The number of rotatable bonds is 6. The summed E-state index contributed by atoms with van der Waals surface area (Å²) in [5.74, 6) is -1.45. The molecule has 1 fully saturated rings. The Morgan fingerprint density at radius 1 is 1.06 bits per heavy atom. The van der Waals surface area contributed by atoms with E-state index in [1.807, 2.05) is 0 Å². The van der Waals surface area contributed by atoms with Gasteiger partial charge in [-0.15, -0.1) is 13.2 Å². The van der Waals surface area contributed by atoms with Crippen LogP contribution in [-0.2, 0) is 21.2 Å². The normalized spacial score (nSPS) is 16.6. The predicted octanol–water partition coefficient (Wildman–Crippen LogP) is 3.44. The van der Waals surface area contributed by atoms with Gasteiger partial charge < -0.3 is 9.64 Å². The Labute approximate surface area is 183 Å². The van der Waals surface area contributed by atoms with E-state index in [1.165, 1.54) is 16.4 Å². The van der Waals surface area contributed by atoms with E-state index in [0.29, 0.717) is 12.0 Å². The van der Waals surface area contributed by atoms with Crippen molar-refractivity contribution >= 4 is 15.9 Å². The van der Waals surface area contributed by atoms with Crippen molar-refractivity contribution in [2.24, 2.45) is 5.92 Å². The monoisotopic (exact) mass is 474 g/mol. The van der Waals surface area contributed by atoms with Crippen LogP contribution < -0.4 is 4.74 Å². The molecule has 1 aliphatic rings. The smallest absolute Gasteiger partial charge is 0.406 e. The van der Waals surface area contributed by atoms with Crippen molar-refractivity contribution in [2.75, 3.05) is 26.2 Å². The molecule has 2 aromatic rings. The van der Waals surface area contributed by atoms with E-state index in [0.717, 1.165) is 24.3 Å². The number of sulfonamides is 1. The maximum absolute atomic E-state index is 13.3. The van der Waals surface area contributed by atoms with Crippen LogP contribution in [-0.4, -0.2) is 56.1 Å². The van der Waals surface area contributed by atoms with Gasteiger partial charge in [-0.25, -0.2) is 12.8 Å². The molecule has 1 amide bonds. The highest BCUT2D eigenvalue weighted by Gasteiger charge is 2.33. The minimum absolute atomic E-state index is 0.0571. The molecule has 1 heterocycles. The molecule has 0 N–H and O–H groups in total. The maximum atomic E-state index is 13.3. The molecule has 2 aromatic carbocycles. The van der Waals surface area contributed by atoms with Crippen molar-refractivity contribution in [3.05, 3.63) is 59.9 Å². The number of benzene rings is 2. The lowest BCUT2D eigenvalue weighted by molar-refractivity contribution is -0.274. The van der Waals surface area contributed by atoms with Crippen molar-refractivity contribution in [2.45, 2.75) is 24.6 Å². The average Bonchev–Trinajstić information content (AvgIpc) is 2.72. The number of alkyl halides is 3. The van der Waals surface area contributed by atoms with Gasteiger partial charge in [-0.3, -0.25) is 4.79 Å². The molecule has 1 atom stereocenters. The summed E-state index contributed by atoms with van der Waals surface area (Å²) in [5, 5.41) is 0. The van der Waals surface area contributed by atoms with Gasteiger partial charge in [-0.1, -0.05) is 19.1 Å². The molecule has 0 aromatic heterocycles. The average molecular weight is 474 g/mol. The molecule has 3 rings (SSSR count). The van der Waals surface area contributed by atoms with Crippen LogP contribution in [0.25, 0.3) is 0 Å². The van der Waals surface area contributed by atoms with Gasteiger partial charge in [0.1, 0.15) is 11.6 Å². The molecule has 174 valence electrons. The molecule has 1 aliphatic heterocycles. The number of hydrogen-bond acceptors (Lipinski definition) is 4. The van der Waals surface area contributed by atoms with Crippen LogP contribution >= 0.6 is 0 Å². The van der Waals surface area contributed by atoms with Gasteiger partial charge in [0.2, 0.25) is 15.9 Å². The van der Waals surface area contributed by atoms with Crippen LogP contribution in [0.2, 0.25) is 0 Å². The van der Waals surface area contributed by atoms with Gasteiger partial charge in [0.05, 0.1) is 4.90 Å². The van der Waals surface area contributed by atoms with E-state index in [1.54, 1.807) is 24.0 Å². The fourth-order valence-corrected chi connectivity index (χ4v) is 4.95. The quantitative estimate of drug-likeness (QED) is 0.602. The van der Waals surface area contributed by atoms with Crippen LogP contribution in [0.4, 0.5) is 17.6 Å². The van der Waals surface area contributed by atoms with Gasteiger partial charge in [0.15, 0.2) is 0 Å². The first-order valence-corrected chi connectivity index (χ1v) is 11.3. The second kappa shape index (κ2) is 9.45. The predicted molar refractivity (Wildman–Crippen MR) is 108 cm³/mol. The number of halogens is 4. The summed E-state index contributed by atoms with van der Waals surface area (Å²) in [6, 6.07) is 9.99. The molecule has 1 saturated heterocycles. The number of amides is 1. The number of nitrogens with zero attached hydrogens (tertiary/aromatic N) is 2. The SMILES string of the molecule is CC(Cc1cccc(F)c1)C(=O)N1CCN(S(=O)(=O)c2ccc(OC(F)(F)F)cc2)CC1. The van der Waals surface area contributed by atoms with E-state index in [-0.39, 0.29) is 42.8 Å². The van der Waals surface area contributed by atoms with Gasteiger partial charge in [0, 0.05) is 32.1 Å². The van der Waals surface area contributed by atoms with Crippen molar-refractivity contribution in [3.8, 4) is 5.75 Å². The van der Waals surface area contributed by atoms with Crippen LogP contribution in [0.15, 0.2) is 53.4 Å². The Morgan fingerprint density at radius 2 is 1.69 bits per heavy atom. The molecule has 0 aliphatic carbocycles. The lowest BCUT2D eigenvalue weighted by Gasteiger charge is -2.35. The topological polar surface area (TPSA) is 66.9 Å². The second-order valence-corrected chi connectivity index (χ2v) is 9.42. The first-order valence-electron chi connectivity index (χ1n) is 9.85. The van der Waals surface area contributed by atoms with Crippen LogP contribution in [0.1, 0.15) is 12.5 Å². The van der Waals surface area contributed by atoms with Crippen molar-refractivity contribution in [1.82, 2.24) is 9.21 Å². The fraction of sp³-hybridized carbons (Fsp3) is 0.381. The van der Waals surface area contributed by atoms with Gasteiger partial charge >= 0.3 is 6.36 Å². The number of piperazine rings is 1. The zero-order valence-electron chi connectivity index (χ0n) is 17.2. The summed E-state index contributed by atoms with van der Waals surface area (Å²) < 4.78 is 80.7. The lowest BCUT2D eigenvalue weighted by atomic mass is 9.99. The van der Waals surface area contributed by atoms with Crippen molar-refractivity contribution in [3.63, 3.8) is 0 Å². The van der Waals surface area contributed by atoms with Gasteiger partial charge in [-0.05, 0) is 48.4 Å². The Hall–Kier alpha value is -2.66. The number of carbonyl (C=O) groups excluding carboxylic acids is 1. The lowest BCUT2D eigenvalue weighted by Crippen LogP contribution is -2.51. The van der Waals surface area contributed by atoms with Crippen molar-refractivity contribution < 1.29 is 35.5 Å². The highest BCUT2D eigenvalue weighted by molar-refractivity contribution is 7.89. The Bertz CT molecular complexity index is 1050. The third-order valence-electron chi connectivity index (χ3n) is 5.10. The highest BCUT2D eigenvalue weighted by atomic mass is 32.2. The minimum Gasteiger partial charge on any atom is -0.406 e. The number of carbonyl (C=O) groups is 1. The zero-order valence-corrected chi connectivity index (χ0v) is 18.0. The van der Waals surface area contributed by atoms with Crippen molar-refractivity contribution in [1.29, 1.82) is 0 Å². The minimum atomic E-state index is -4.87. The standard InChI is InChI=1S/C21H22F4N2O4S/c1-15(13-16-3-2-4-17(22)14-16)20(28)26-9-11-27(12-10-26)32(29,30)19-7-5-18(6-8-19)31-21(23,24)25/h2-8,14-15H,9-13H2,1H3. The summed E-state index contributed by atoms with van der Waals surface area (Å²) in [5.41, 5.74) is 0.699. The van der Waals surface area contributed by atoms with Gasteiger partial charge in [0.25, 0.3) is 0 Å². The molecule has 1 unspecified atom stereocenters. The largest absolute Gasteiger partial charge is 0.573 e. The molecule has 6 nitrogen and oxygen atoms in total. The summed E-state index contributed by atoms with van der Waals surface area (Å²) in [6.07, 6.45) is -4.50. The second-order valence-electron chi connectivity index (χ2n) is 7.48. The van der Waals surface area contributed by atoms with Crippen LogP contribution in [0.5, 0.6) is 5.75 Å².